The predicted octanol–water partition coefficient (Wildman–Crippen LogP) is -0.793. The Morgan fingerprint density at radius 1 is 1.21 bits per heavy atom. The number of aliphatic carboxylic acids is 2. The van der Waals surface area contributed by atoms with Crippen LogP contribution in [0.15, 0.2) is 0 Å². The summed E-state index contributed by atoms with van der Waals surface area (Å²) in [5, 5.41) is 17.1. The zero-order valence-corrected chi connectivity index (χ0v) is 8.03. The predicted molar refractivity (Wildman–Crippen MR) is 45.5 cm³/mol. The van der Waals surface area contributed by atoms with Gasteiger partial charge in [-0.05, 0) is 5.92 Å². The Morgan fingerprint density at radius 3 is 2.21 bits per heavy atom. The summed E-state index contributed by atoms with van der Waals surface area (Å²) in [7, 11) is -3.38. The molecule has 80 valence electrons. The molecular formula is C7H10O6S. The molecule has 2 N–H and O–H groups in total. The number of carbonyl (C=O) groups is 2. The molecule has 0 bridgehead atoms. The van der Waals surface area contributed by atoms with E-state index in [0.717, 1.165) is 0 Å². The van der Waals surface area contributed by atoms with Crippen LogP contribution in [0.1, 0.15) is 6.42 Å². The maximum atomic E-state index is 11.1. The molecular weight excluding hydrogens is 212 g/mol. The average Bonchev–Trinajstić information content (AvgIpc) is 2.24. The van der Waals surface area contributed by atoms with Crippen molar-refractivity contribution in [2.24, 2.45) is 11.8 Å². The van der Waals surface area contributed by atoms with Gasteiger partial charge in [-0.15, -0.1) is 0 Å². The molecule has 1 rings (SSSR count). The van der Waals surface area contributed by atoms with E-state index < -0.39 is 45.8 Å². The lowest BCUT2D eigenvalue weighted by Gasteiger charge is -2.10. The smallest absolute Gasteiger partial charge is 0.307 e. The van der Waals surface area contributed by atoms with Crippen LogP contribution in [0.2, 0.25) is 0 Å². The van der Waals surface area contributed by atoms with E-state index in [1.807, 2.05) is 0 Å². The lowest BCUT2D eigenvalue weighted by atomic mass is 9.93. The van der Waals surface area contributed by atoms with E-state index in [4.69, 9.17) is 10.2 Å². The van der Waals surface area contributed by atoms with Crippen LogP contribution >= 0.6 is 0 Å². The van der Waals surface area contributed by atoms with Gasteiger partial charge in [0.1, 0.15) is 0 Å². The second-order valence-electron chi connectivity index (χ2n) is 3.38. The zero-order valence-electron chi connectivity index (χ0n) is 7.21. The van der Waals surface area contributed by atoms with Crippen LogP contribution in [-0.4, -0.2) is 42.1 Å². The zero-order chi connectivity index (χ0) is 10.9. The number of hydrogen-bond donors (Lipinski definition) is 2. The molecule has 1 fully saturated rings. The fourth-order valence-corrected chi connectivity index (χ4v) is 3.72. The Kier molecular flexibility index (Phi) is 2.79. The molecule has 1 heterocycles. The summed E-state index contributed by atoms with van der Waals surface area (Å²) in [6.07, 6.45) is -0.407. The molecule has 0 spiro atoms. The lowest BCUT2D eigenvalue weighted by Crippen LogP contribution is -2.23. The second-order valence-corrected chi connectivity index (χ2v) is 5.53. The molecule has 1 aliphatic heterocycles. The molecule has 0 amide bonds. The van der Waals surface area contributed by atoms with Crippen molar-refractivity contribution < 1.29 is 28.2 Å². The van der Waals surface area contributed by atoms with E-state index in [1.54, 1.807) is 0 Å². The Morgan fingerprint density at radius 2 is 1.79 bits per heavy atom. The van der Waals surface area contributed by atoms with Gasteiger partial charge in [0.15, 0.2) is 9.84 Å². The topological polar surface area (TPSA) is 109 Å². The highest BCUT2D eigenvalue weighted by atomic mass is 32.2. The maximum Gasteiger partial charge on any atom is 0.307 e. The molecule has 6 nitrogen and oxygen atoms in total. The number of carboxylic acid groups (broad SMARTS) is 2. The second kappa shape index (κ2) is 3.56. The minimum absolute atomic E-state index is 0.337. The summed E-state index contributed by atoms with van der Waals surface area (Å²) >= 11 is 0. The van der Waals surface area contributed by atoms with Crippen LogP contribution in [0.4, 0.5) is 0 Å². The van der Waals surface area contributed by atoms with Gasteiger partial charge in [-0.3, -0.25) is 9.59 Å². The Labute approximate surface area is 80.5 Å². The van der Waals surface area contributed by atoms with E-state index in [-0.39, 0.29) is 5.75 Å². The minimum atomic E-state index is -3.38. The molecule has 0 aromatic heterocycles. The molecule has 0 aromatic carbocycles. The van der Waals surface area contributed by atoms with Crippen molar-refractivity contribution in [3.05, 3.63) is 0 Å². The van der Waals surface area contributed by atoms with E-state index >= 15 is 0 Å². The Hall–Kier alpha value is -1.11. The number of rotatable bonds is 3. The SMILES string of the molecule is O=C(O)CC1CS(=O)(=O)CC1C(=O)O. The van der Waals surface area contributed by atoms with Crippen LogP contribution in [0.5, 0.6) is 0 Å². The largest absolute Gasteiger partial charge is 0.481 e. The molecule has 0 saturated carbocycles. The van der Waals surface area contributed by atoms with Crippen molar-refractivity contribution in [2.75, 3.05) is 11.5 Å². The van der Waals surface area contributed by atoms with Gasteiger partial charge < -0.3 is 10.2 Å². The Bertz CT molecular complexity index is 356. The summed E-state index contributed by atoms with van der Waals surface area (Å²) in [6.45, 7) is 0. The molecule has 0 radical (unpaired) electrons. The van der Waals surface area contributed by atoms with E-state index in [1.165, 1.54) is 0 Å². The third kappa shape index (κ3) is 2.44. The summed E-state index contributed by atoms with van der Waals surface area (Å²) in [4.78, 5) is 21.0. The third-order valence-corrected chi connectivity index (χ3v) is 4.03. The highest BCUT2D eigenvalue weighted by molar-refractivity contribution is 7.91. The van der Waals surface area contributed by atoms with Crippen LogP contribution in [0.25, 0.3) is 0 Å². The van der Waals surface area contributed by atoms with E-state index in [0.29, 0.717) is 0 Å². The highest BCUT2D eigenvalue weighted by Gasteiger charge is 2.42. The number of carboxylic acids is 2. The van der Waals surface area contributed by atoms with Crippen molar-refractivity contribution in [1.82, 2.24) is 0 Å². The molecule has 0 aromatic rings. The van der Waals surface area contributed by atoms with Gasteiger partial charge in [-0.2, -0.15) is 0 Å². The van der Waals surface area contributed by atoms with Gasteiger partial charge in [0.25, 0.3) is 0 Å². The van der Waals surface area contributed by atoms with E-state index in [9.17, 15) is 18.0 Å². The first-order chi connectivity index (χ1) is 6.32. The lowest BCUT2D eigenvalue weighted by molar-refractivity contribution is -0.143. The van der Waals surface area contributed by atoms with Crippen molar-refractivity contribution >= 4 is 21.8 Å². The fourth-order valence-electron chi connectivity index (χ4n) is 1.62. The van der Waals surface area contributed by atoms with Gasteiger partial charge in [0, 0.05) is 6.42 Å². The minimum Gasteiger partial charge on any atom is -0.481 e. The molecule has 14 heavy (non-hydrogen) atoms. The fraction of sp³-hybridized carbons (Fsp3) is 0.714. The molecule has 2 atom stereocenters. The summed E-state index contributed by atoms with van der Waals surface area (Å²) in [5.74, 6) is -5.06. The van der Waals surface area contributed by atoms with Gasteiger partial charge in [0.05, 0.1) is 17.4 Å². The first kappa shape index (κ1) is 11.0. The average molecular weight is 222 g/mol. The highest BCUT2D eigenvalue weighted by Crippen LogP contribution is 2.28. The van der Waals surface area contributed by atoms with E-state index in [2.05, 4.69) is 0 Å². The van der Waals surface area contributed by atoms with Crippen molar-refractivity contribution in [1.29, 1.82) is 0 Å². The molecule has 0 aliphatic carbocycles. The number of hydrogen-bond acceptors (Lipinski definition) is 4. The van der Waals surface area contributed by atoms with Crippen LogP contribution < -0.4 is 0 Å². The maximum absolute atomic E-state index is 11.1. The summed E-state index contributed by atoms with van der Waals surface area (Å²) < 4.78 is 22.2. The first-order valence-electron chi connectivity index (χ1n) is 3.97. The van der Waals surface area contributed by atoms with Crippen molar-refractivity contribution in [3.8, 4) is 0 Å². The molecule has 1 aliphatic rings. The quantitative estimate of drug-likeness (QED) is 0.647. The van der Waals surface area contributed by atoms with Crippen LogP contribution in [0.3, 0.4) is 0 Å². The van der Waals surface area contributed by atoms with Crippen molar-refractivity contribution in [3.63, 3.8) is 0 Å². The van der Waals surface area contributed by atoms with Gasteiger partial charge in [-0.25, -0.2) is 8.42 Å². The van der Waals surface area contributed by atoms with Crippen LogP contribution in [-0.2, 0) is 19.4 Å². The molecule has 7 heteroatoms. The van der Waals surface area contributed by atoms with Crippen LogP contribution in [0, 0.1) is 11.8 Å². The first-order valence-corrected chi connectivity index (χ1v) is 5.79. The van der Waals surface area contributed by atoms with Crippen molar-refractivity contribution in [2.45, 2.75) is 6.42 Å². The summed E-state index contributed by atoms with van der Waals surface area (Å²) in [5.41, 5.74) is 0. The molecule has 2 unspecified atom stereocenters. The third-order valence-electron chi connectivity index (χ3n) is 2.22. The van der Waals surface area contributed by atoms with Gasteiger partial charge in [0.2, 0.25) is 0 Å². The monoisotopic (exact) mass is 222 g/mol. The normalized spacial score (nSPS) is 30.0. The Balaban J connectivity index is 2.83. The van der Waals surface area contributed by atoms with Gasteiger partial charge in [-0.1, -0.05) is 0 Å². The molecule has 1 saturated heterocycles. The van der Waals surface area contributed by atoms with Gasteiger partial charge >= 0.3 is 11.9 Å². The number of sulfone groups is 1. The standard InChI is InChI=1S/C7H10O6S/c8-6(9)1-4-2-14(12,13)3-5(4)7(10)11/h4-5H,1-3H2,(H,8,9)(H,10,11). The summed E-state index contributed by atoms with van der Waals surface area (Å²) in [6, 6.07) is 0.